The van der Waals surface area contributed by atoms with Crippen LogP contribution in [-0.4, -0.2) is 11.9 Å². The molecule has 90 valence electrons. The second-order valence-corrected chi connectivity index (χ2v) is 4.43. The van der Waals surface area contributed by atoms with Crippen LogP contribution in [0.5, 0.6) is 0 Å². The van der Waals surface area contributed by atoms with Gasteiger partial charge in [0.1, 0.15) is 0 Å². The zero-order valence-electron chi connectivity index (χ0n) is 9.29. The minimum atomic E-state index is -0.116. The molecule has 0 saturated carbocycles. The van der Waals surface area contributed by atoms with Gasteiger partial charge in [-0.05, 0) is 31.5 Å². The third-order valence-electron chi connectivity index (χ3n) is 2.25. The van der Waals surface area contributed by atoms with Crippen LogP contribution in [0.4, 0.5) is 5.69 Å². The van der Waals surface area contributed by atoms with Crippen molar-refractivity contribution in [3.63, 3.8) is 0 Å². The molecular weight excluding hydrogens is 291 g/mol. The Hall–Kier alpha value is -0.740. The highest BCUT2D eigenvalue weighted by molar-refractivity contribution is 9.10. The summed E-state index contributed by atoms with van der Waals surface area (Å²) in [4.78, 5) is 11.7. The van der Waals surface area contributed by atoms with Gasteiger partial charge in [-0.25, -0.2) is 0 Å². The van der Waals surface area contributed by atoms with E-state index in [-0.39, 0.29) is 24.4 Å². The summed E-state index contributed by atoms with van der Waals surface area (Å²) in [6.07, 6.45) is 0.905. The van der Waals surface area contributed by atoms with Gasteiger partial charge in [0.05, 0.1) is 5.56 Å². The number of amides is 1. The van der Waals surface area contributed by atoms with E-state index in [4.69, 9.17) is 5.73 Å². The molecule has 3 N–H and O–H groups in total. The third-order valence-corrected chi connectivity index (χ3v) is 2.74. The largest absolute Gasteiger partial charge is 0.398 e. The number of carbonyl (C=O) groups is 1. The maximum absolute atomic E-state index is 11.7. The van der Waals surface area contributed by atoms with Gasteiger partial charge in [0.2, 0.25) is 0 Å². The fraction of sp³-hybridized carbons (Fsp3) is 0.364. The molecule has 1 atom stereocenters. The van der Waals surface area contributed by atoms with Crippen LogP contribution in [0.1, 0.15) is 30.6 Å². The van der Waals surface area contributed by atoms with Crippen LogP contribution >= 0.6 is 28.3 Å². The minimum Gasteiger partial charge on any atom is -0.398 e. The van der Waals surface area contributed by atoms with E-state index in [2.05, 4.69) is 21.2 Å². The molecule has 16 heavy (non-hydrogen) atoms. The molecule has 0 aliphatic rings. The van der Waals surface area contributed by atoms with Crippen LogP contribution in [0.2, 0.25) is 0 Å². The van der Waals surface area contributed by atoms with Crippen LogP contribution in [0.25, 0.3) is 0 Å². The van der Waals surface area contributed by atoms with Crippen LogP contribution in [0.3, 0.4) is 0 Å². The van der Waals surface area contributed by atoms with Crippen molar-refractivity contribution >= 4 is 39.9 Å². The highest BCUT2D eigenvalue weighted by atomic mass is 79.9. The summed E-state index contributed by atoms with van der Waals surface area (Å²) in [6.45, 7) is 3.99. The van der Waals surface area contributed by atoms with Gasteiger partial charge in [-0.3, -0.25) is 4.79 Å². The average Bonchev–Trinajstić information content (AvgIpc) is 2.17. The monoisotopic (exact) mass is 306 g/mol. The molecule has 0 aromatic heterocycles. The van der Waals surface area contributed by atoms with Crippen molar-refractivity contribution in [1.82, 2.24) is 5.32 Å². The van der Waals surface area contributed by atoms with E-state index >= 15 is 0 Å². The number of nitrogens with one attached hydrogen (secondary N) is 1. The first-order valence-corrected chi connectivity index (χ1v) is 5.69. The van der Waals surface area contributed by atoms with Crippen LogP contribution in [-0.2, 0) is 0 Å². The molecule has 0 aliphatic heterocycles. The van der Waals surface area contributed by atoms with E-state index in [0.717, 1.165) is 10.9 Å². The van der Waals surface area contributed by atoms with E-state index in [1.54, 1.807) is 12.1 Å². The van der Waals surface area contributed by atoms with Crippen molar-refractivity contribution in [2.24, 2.45) is 0 Å². The number of hydrogen-bond donors (Lipinski definition) is 2. The maximum atomic E-state index is 11.7. The summed E-state index contributed by atoms with van der Waals surface area (Å²) in [6, 6.07) is 5.42. The summed E-state index contributed by atoms with van der Waals surface area (Å²) in [5.74, 6) is -0.116. The van der Waals surface area contributed by atoms with E-state index in [9.17, 15) is 4.79 Å². The number of benzene rings is 1. The van der Waals surface area contributed by atoms with Crippen molar-refractivity contribution in [3.8, 4) is 0 Å². The van der Waals surface area contributed by atoms with Gasteiger partial charge >= 0.3 is 0 Å². The van der Waals surface area contributed by atoms with Crippen LogP contribution in [0.15, 0.2) is 22.7 Å². The third kappa shape index (κ3) is 4.02. The first-order valence-electron chi connectivity index (χ1n) is 4.90. The molecule has 1 aromatic rings. The fourth-order valence-electron chi connectivity index (χ4n) is 1.14. The molecule has 0 fully saturated rings. The quantitative estimate of drug-likeness (QED) is 0.844. The first-order chi connectivity index (χ1) is 7.04. The molecule has 3 nitrogen and oxygen atoms in total. The van der Waals surface area contributed by atoms with Gasteiger partial charge in [0, 0.05) is 16.2 Å². The van der Waals surface area contributed by atoms with Crippen LogP contribution in [0, 0.1) is 0 Å². The predicted octanol–water partition coefficient (Wildman–Crippen LogP) is 2.98. The summed E-state index contributed by atoms with van der Waals surface area (Å²) in [5.41, 5.74) is 6.77. The SMILES string of the molecule is CCC(C)NC(=O)c1ccc(Br)cc1N.Cl. The van der Waals surface area contributed by atoms with Gasteiger partial charge in [-0.15, -0.1) is 12.4 Å². The molecule has 0 aliphatic carbocycles. The highest BCUT2D eigenvalue weighted by Crippen LogP contribution is 2.18. The Kier molecular flexibility index (Phi) is 6.45. The first kappa shape index (κ1) is 15.3. The van der Waals surface area contributed by atoms with Gasteiger partial charge in [0.15, 0.2) is 0 Å². The molecule has 1 unspecified atom stereocenters. The van der Waals surface area contributed by atoms with Gasteiger partial charge in [-0.1, -0.05) is 22.9 Å². The molecule has 0 heterocycles. The Balaban J connectivity index is 0.00000225. The number of anilines is 1. The zero-order chi connectivity index (χ0) is 11.4. The molecule has 1 rings (SSSR count). The maximum Gasteiger partial charge on any atom is 0.253 e. The van der Waals surface area contributed by atoms with E-state index < -0.39 is 0 Å². The lowest BCUT2D eigenvalue weighted by Crippen LogP contribution is -2.32. The van der Waals surface area contributed by atoms with Crippen molar-refractivity contribution in [1.29, 1.82) is 0 Å². The Morgan fingerprint density at radius 3 is 2.69 bits per heavy atom. The van der Waals surface area contributed by atoms with Crippen LogP contribution < -0.4 is 11.1 Å². The number of nitrogen functional groups attached to an aromatic ring is 1. The van der Waals surface area contributed by atoms with E-state index in [0.29, 0.717) is 11.3 Å². The van der Waals surface area contributed by atoms with Gasteiger partial charge < -0.3 is 11.1 Å². The summed E-state index contributed by atoms with van der Waals surface area (Å²) >= 11 is 3.30. The average molecular weight is 308 g/mol. The molecular formula is C11H16BrClN2O. The summed E-state index contributed by atoms with van der Waals surface area (Å²) < 4.78 is 0.875. The smallest absolute Gasteiger partial charge is 0.253 e. The second kappa shape index (κ2) is 6.76. The Morgan fingerprint density at radius 2 is 2.19 bits per heavy atom. The van der Waals surface area contributed by atoms with Gasteiger partial charge in [0.25, 0.3) is 5.91 Å². The molecule has 0 radical (unpaired) electrons. The Labute approximate surface area is 110 Å². The van der Waals surface area contributed by atoms with Crippen molar-refractivity contribution in [2.45, 2.75) is 26.3 Å². The molecule has 0 spiro atoms. The number of nitrogens with two attached hydrogens (primary N) is 1. The standard InChI is InChI=1S/C11H15BrN2O.ClH/c1-3-7(2)14-11(15)9-5-4-8(12)6-10(9)13;/h4-7H,3,13H2,1-2H3,(H,14,15);1H. The second-order valence-electron chi connectivity index (χ2n) is 3.51. The molecule has 0 saturated heterocycles. The number of hydrogen-bond acceptors (Lipinski definition) is 2. The number of rotatable bonds is 3. The Bertz CT molecular complexity index is 371. The van der Waals surface area contributed by atoms with Crippen molar-refractivity contribution in [3.05, 3.63) is 28.2 Å². The van der Waals surface area contributed by atoms with Gasteiger partial charge in [-0.2, -0.15) is 0 Å². The summed E-state index contributed by atoms with van der Waals surface area (Å²) in [7, 11) is 0. The highest BCUT2D eigenvalue weighted by Gasteiger charge is 2.11. The summed E-state index contributed by atoms with van der Waals surface area (Å²) in [5, 5.41) is 2.87. The molecule has 1 amide bonds. The fourth-order valence-corrected chi connectivity index (χ4v) is 1.52. The molecule has 0 bridgehead atoms. The number of halogens is 2. The zero-order valence-corrected chi connectivity index (χ0v) is 11.7. The van der Waals surface area contributed by atoms with Crippen molar-refractivity contribution < 1.29 is 4.79 Å². The predicted molar refractivity (Wildman–Crippen MR) is 73.0 cm³/mol. The lowest BCUT2D eigenvalue weighted by molar-refractivity contribution is 0.0940. The number of carbonyl (C=O) groups excluding carboxylic acids is 1. The Morgan fingerprint density at radius 1 is 1.56 bits per heavy atom. The normalized spacial score (nSPS) is 11.4. The van der Waals surface area contributed by atoms with Crippen molar-refractivity contribution in [2.75, 3.05) is 5.73 Å². The minimum absolute atomic E-state index is 0. The lowest BCUT2D eigenvalue weighted by Gasteiger charge is -2.12. The topological polar surface area (TPSA) is 55.1 Å². The lowest BCUT2D eigenvalue weighted by atomic mass is 10.1. The van der Waals surface area contributed by atoms with E-state index in [1.807, 2.05) is 19.9 Å². The molecule has 1 aromatic carbocycles. The molecule has 5 heteroatoms. The van der Waals surface area contributed by atoms with E-state index in [1.165, 1.54) is 0 Å².